The van der Waals surface area contributed by atoms with Gasteiger partial charge < -0.3 is 14.7 Å². The summed E-state index contributed by atoms with van der Waals surface area (Å²) in [5, 5.41) is 9.72. The third-order valence-electron chi connectivity index (χ3n) is 2.99. The number of hydrogen-bond donors (Lipinski definition) is 1. The second-order valence-corrected chi connectivity index (χ2v) is 4.46. The van der Waals surface area contributed by atoms with Crippen molar-refractivity contribution in [2.24, 2.45) is 0 Å². The molecule has 1 unspecified atom stereocenters. The van der Waals surface area contributed by atoms with E-state index in [1.807, 2.05) is 6.92 Å². The lowest BCUT2D eigenvalue weighted by molar-refractivity contribution is 0.0108. The lowest BCUT2D eigenvalue weighted by atomic mass is 10.2. The van der Waals surface area contributed by atoms with E-state index in [0.717, 1.165) is 32.7 Å². The van der Waals surface area contributed by atoms with E-state index in [4.69, 9.17) is 4.74 Å². The van der Waals surface area contributed by atoms with Gasteiger partial charge >= 0.3 is 0 Å². The van der Waals surface area contributed by atoms with Crippen LogP contribution in [0.3, 0.4) is 0 Å². The highest BCUT2D eigenvalue weighted by molar-refractivity contribution is 4.73. The minimum Gasteiger partial charge on any atom is -0.389 e. The minimum absolute atomic E-state index is 0.335. The fraction of sp³-hybridized carbons (Fsp3) is 1.00. The normalized spacial score (nSPS) is 21.2. The van der Waals surface area contributed by atoms with Crippen molar-refractivity contribution in [1.82, 2.24) is 9.80 Å². The van der Waals surface area contributed by atoms with Crippen molar-refractivity contribution in [2.75, 3.05) is 52.5 Å². The highest BCUT2D eigenvalue weighted by atomic mass is 16.5. The first-order valence-corrected chi connectivity index (χ1v) is 6.46. The zero-order valence-corrected chi connectivity index (χ0v) is 10.7. The standard InChI is InChI=1S/C12H26N2O2/c1-3-5-13-6-8-14(9-7-13)10-12(15)11-16-4-2/h12,15H,3-11H2,1-2H3. The topological polar surface area (TPSA) is 35.9 Å². The molecular weight excluding hydrogens is 204 g/mol. The number of ether oxygens (including phenoxy) is 1. The average Bonchev–Trinajstić information content (AvgIpc) is 2.29. The van der Waals surface area contributed by atoms with E-state index in [1.54, 1.807) is 0 Å². The first-order chi connectivity index (χ1) is 7.76. The third kappa shape index (κ3) is 5.25. The molecule has 1 atom stereocenters. The number of hydrogen-bond acceptors (Lipinski definition) is 4. The maximum atomic E-state index is 9.72. The van der Waals surface area contributed by atoms with Crippen LogP contribution in [0.15, 0.2) is 0 Å². The lowest BCUT2D eigenvalue weighted by Gasteiger charge is -2.35. The molecule has 0 saturated carbocycles. The van der Waals surface area contributed by atoms with Crippen molar-refractivity contribution in [1.29, 1.82) is 0 Å². The number of aliphatic hydroxyl groups is 1. The number of piperazine rings is 1. The zero-order chi connectivity index (χ0) is 11.8. The summed E-state index contributed by atoms with van der Waals surface area (Å²) >= 11 is 0. The van der Waals surface area contributed by atoms with E-state index in [9.17, 15) is 5.11 Å². The van der Waals surface area contributed by atoms with Gasteiger partial charge in [-0.05, 0) is 19.9 Å². The molecule has 0 aromatic rings. The Balaban J connectivity index is 2.11. The van der Waals surface area contributed by atoms with Gasteiger partial charge in [-0.3, -0.25) is 4.90 Å². The van der Waals surface area contributed by atoms with Crippen molar-refractivity contribution in [3.8, 4) is 0 Å². The quantitative estimate of drug-likeness (QED) is 0.687. The van der Waals surface area contributed by atoms with Crippen LogP contribution in [-0.4, -0.2) is 73.5 Å². The molecule has 0 aromatic heterocycles. The average molecular weight is 230 g/mol. The highest BCUT2D eigenvalue weighted by Crippen LogP contribution is 2.03. The molecule has 4 nitrogen and oxygen atoms in total. The first-order valence-electron chi connectivity index (χ1n) is 6.46. The van der Waals surface area contributed by atoms with Crippen LogP contribution in [0.4, 0.5) is 0 Å². The molecular formula is C12H26N2O2. The number of rotatable bonds is 7. The lowest BCUT2D eigenvalue weighted by Crippen LogP contribution is -2.49. The van der Waals surface area contributed by atoms with Gasteiger partial charge in [-0.2, -0.15) is 0 Å². The fourth-order valence-electron chi connectivity index (χ4n) is 2.12. The molecule has 16 heavy (non-hydrogen) atoms. The van der Waals surface area contributed by atoms with Crippen LogP contribution in [-0.2, 0) is 4.74 Å². The molecule has 1 aliphatic rings. The number of β-amino-alcohol motifs (C(OH)–C–C–N with tert-alkyl or cyclic N) is 1. The van der Waals surface area contributed by atoms with Gasteiger partial charge in [0, 0.05) is 39.3 Å². The summed E-state index contributed by atoms with van der Waals surface area (Å²) in [6.45, 7) is 11.7. The molecule has 1 aliphatic heterocycles. The van der Waals surface area contributed by atoms with E-state index in [0.29, 0.717) is 13.2 Å². The molecule has 0 bridgehead atoms. The summed E-state index contributed by atoms with van der Waals surface area (Å²) in [4.78, 5) is 4.82. The van der Waals surface area contributed by atoms with Crippen LogP contribution in [0.5, 0.6) is 0 Å². The first kappa shape index (κ1) is 13.9. The van der Waals surface area contributed by atoms with Gasteiger partial charge in [0.2, 0.25) is 0 Å². The van der Waals surface area contributed by atoms with Crippen LogP contribution < -0.4 is 0 Å². The van der Waals surface area contributed by atoms with E-state index in [-0.39, 0.29) is 6.10 Å². The van der Waals surface area contributed by atoms with E-state index < -0.39 is 0 Å². The molecule has 1 heterocycles. The zero-order valence-electron chi connectivity index (χ0n) is 10.7. The molecule has 1 N–H and O–H groups in total. The predicted molar refractivity (Wildman–Crippen MR) is 65.7 cm³/mol. The summed E-state index contributed by atoms with van der Waals surface area (Å²) in [5.41, 5.74) is 0. The maximum absolute atomic E-state index is 9.72. The highest BCUT2D eigenvalue weighted by Gasteiger charge is 2.18. The Hall–Kier alpha value is -0.160. The van der Waals surface area contributed by atoms with Crippen molar-refractivity contribution in [2.45, 2.75) is 26.4 Å². The molecule has 0 aliphatic carbocycles. The Morgan fingerprint density at radius 1 is 1.12 bits per heavy atom. The van der Waals surface area contributed by atoms with E-state index in [2.05, 4.69) is 16.7 Å². The van der Waals surface area contributed by atoms with E-state index >= 15 is 0 Å². The Morgan fingerprint density at radius 2 is 1.75 bits per heavy atom. The van der Waals surface area contributed by atoms with E-state index in [1.165, 1.54) is 13.0 Å². The number of aliphatic hydroxyl groups excluding tert-OH is 1. The Bertz CT molecular complexity index is 170. The van der Waals surface area contributed by atoms with Gasteiger partial charge in [-0.15, -0.1) is 0 Å². The molecule has 0 radical (unpaired) electrons. The third-order valence-corrected chi connectivity index (χ3v) is 2.99. The van der Waals surface area contributed by atoms with Crippen molar-refractivity contribution >= 4 is 0 Å². The van der Waals surface area contributed by atoms with Crippen molar-refractivity contribution in [3.05, 3.63) is 0 Å². The van der Waals surface area contributed by atoms with Crippen molar-refractivity contribution in [3.63, 3.8) is 0 Å². The fourth-order valence-corrected chi connectivity index (χ4v) is 2.12. The SMILES string of the molecule is CCCN1CCN(CC(O)COCC)CC1. The monoisotopic (exact) mass is 230 g/mol. The molecule has 0 aromatic carbocycles. The van der Waals surface area contributed by atoms with Crippen LogP contribution in [0.1, 0.15) is 20.3 Å². The molecule has 1 fully saturated rings. The predicted octanol–water partition coefficient (Wildman–Crippen LogP) is 0.411. The summed E-state index contributed by atoms with van der Waals surface area (Å²) in [6, 6.07) is 0. The van der Waals surface area contributed by atoms with Crippen molar-refractivity contribution < 1.29 is 9.84 Å². The van der Waals surface area contributed by atoms with Gasteiger partial charge in [-0.25, -0.2) is 0 Å². The minimum atomic E-state index is -0.335. The van der Waals surface area contributed by atoms with Gasteiger partial charge in [-0.1, -0.05) is 6.92 Å². The smallest absolute Gasteiger partial charge is 0.0900 e. The second-order valence-electron chi connectivity index (χ2n) is 4.46. The molecule has 1 saturated heterocycles. The summed E-state index contributed by atoms with van der Waals surface area (Å²) < 4.78 is 5.21. The molecule has 96 valence electrons. The number of nitrogens with zero attached hydrogens (tertiary/aromatic N) is 2. The second kappa shape index (κ2) is 8.01. The summed E-state index contributed by atoms with van der Waals surface area (Å²) in [5.74, 6) is 0. The largest absolute Gasteiger partial charge is 0.389 e. The molecule has 1 rings (SSSR count). The Kier molecular flexibility index (Phi) is 6.96. The van der Waals surface area contributed by atoms with Gasteiger partial charge in [0.05, 0.1) is 12.7 Å². The van der Waals surface area contributed by atoms with Gasteiger partial charge in [0.1, 0.15) is 0 Å². The molecule has 0 amide bonds. The van der Waals surface area contributed by atoms with Crippen LogP contribution in [0, 0.1) is 0 Å². The van der Waals surface area contributed by atoms with Crippen LogP contribution in [0.2, 0.25) is 0 Å². The Morgan fingerprint density at radius 3 is 2.31 bits per heavy atom. The van der Waals surface area contributed by atoms with Crippen LogP contribution >= 0.6 is 0 Å². The summed E-state index contributed by atoms with van der Waals surface area (Å²) in [7, 11) is 0. The van der Waals surface area contributed by atoms with Crippen LogP contribution in [0.25, 0.3) is 0 Å². The maximum Gasteiger partial charge on any atom is 0.0900 e. The van der Waals surface area contributed by atoms with Gasteiger partial charge in [0.25, 0.3) is 0 Å². The van der Waals surface area contributed by atoms with Gasteiger partial charge in [0.15, 0.2) is 0 Å². The molecule has 4 heteroatoms. The summed E-state index contributed by atoms with van der Waals surface area (Å²) in [6.07, 6.45) is 0.894. The Labute approximate surface area is 99.2 Å². The molecule has 0 spiro atoms.